The Morgan fingerprint density at radius 3 is 3.00 bits per heavy atom. The van der Waals surface area contributed by atoms with Gasteiger partial charge in [0.15, 0.2) is 0 Å². The van der Waals surface area contributed by atoms with Gasteiger partial charge < -0.3 is 5.32 Å². The number of fused-ring (bicyclic) bond motifs is 1. The van der Waals surface area contributed by atoms with Crippen molar-refractivity contribution in [2.45, 2.75) is 32.1 Å². The Balaban J connectivity index is 1.99. The third-order valence-electron chi connectivity index (χ3n) is 3.18. The molecule has 0 aliphatic rings. The second-order valence-corrected chi connectivity index (χ2v) is 6.93. The fraction of sp³-hybridized carbons (Fsp3) is 0.400. The monoisotopic (exact) mass is 383 g/mol. The number of carbonyl (C=O) groups excluding carboxylic acids is 1. The topological polar surface area (TPSA) is 63.5 Å². The number of aromatic nitrogens is 2. The Bertz CT molecular complexity index is 732. The lowest BCUT2D eigenvalue weighted by Crippen LogP contribution is -2.33. The summed E-state index contributed by atoms with van der Waals surface area (Å²) < 4.78 is 2.32. The molecular formula is C15H18BrN3O2S. The molecule has 0 aliphatic heterocycles. The minimum Gasteiger partial charge on any atom is -0.353 e. The summed E-state index contributed by atoms with van der Waals surface area (Å²) in [5.74, 6) is 0.919. The maximum atomic E-state index is 12.0. The zero-order valence-electron chi connectivity index (χ0n) is 12.5. The van der Waals surface area contributed by atoms with Gasteiger partial charge in [-0.1, -0.05) is 6.92 Å². The third-order valence-corrected chi connectivity index (χ3v) is 4.61. The first-order chi connectivity index (χ1) is 10.5. The summed E-state index contributed by atoms with van der Waals surface area (Å²) in [6.45, 7) is 4.01. The van der Waals surface area contributed by atoms with Gasteiger partial charge in [0.05, 0.1) is 11.4 Å². The molecular weight excluding hydrogens is 366 g/mol. The predicted molar refractivity (Wildman–Crippen MR) is 93.2 cm³/mol. The molecule has 0 unspecified atom stereocenters. The van der Waals surface area contributed by atoms with Gasteiger partial charge in [-0.25, -0.2) is 4.98 Å². The van der Waals surface area contributed by atoms with Crippen LogP contribution in [-0.4, -0.2) is 27.1 Å². The molecule has 0 bridgehead atoms. The first kappa shape index (κ1) is 17.0. The molecule has 7 heteroatoms. The minimum absolute atomic E-state index is 0.0146. The number of rotatable bonds is 6. The molecule has 1 atom stereocenters. The number of amides is 1. The molecule has 0 fully saturated rings. The summed E-state index contributed by atoms with van der Waals surface area (Å²) in [5.41, 5.74) is 1.18. The quantitative estimate of drug-likeness (QED) is 0.832. The summed E-state index contributed by atoms with van der Waals surface area (Å²) in [7, 11) is 0. The smallest absolute Gasteiger partial charge is 0.258 e. The number of halogens is 1. The molecule has 2 heterocycles. The number of hydrogen-bond donors (Lipinski definition) is 1. The summed E-state index contributed by atoms with van der Waals surface area (Å²) in [5, 5.41) is 2.91. The number of nitrogens with one attached hydrogen (secondary N) is 1. The van der Waals surface area contributed by atoms with Crippen molar-refractivity contribution in [3.63, 3.8) is 0 Å². The van der Waals surface area contributed by atoms with E-state index in [-0.39, 0.29) is 17.5 Å². The SMILES string of the molecule is CC[C@H](C)NC(=O)CSCc1cc(=O)n2cc(Br)ccc2n1. The molecule has 22 heavy (non-hydrogen) atoms. The highest BCUT2D eigenvalue weighted by atomic mass is 79.9. The van der Waals surface area contributed by atoms with Gasteiger partial charge in [-0.15, -0.1) is 11.8 Å². The highest BCUT2D eigenvalue weighted by Crippen LogP contribution is 2.12. The lowest BCUT2D eigenvalue weighted by molar-refractivity contribution is -0.119. The number of thioether (sulfide) groups is 1. The lowest BCUT2D eigenvalue weighted by Gasteiger charge is -2.10. The van der Waals surface area contributed by atoms with E-state index in [1.54, 1.807) is 12.3 Å². The van der Waals surface area contributed by atoms with Gasteiger partial charge in [0.1, 0.15) is 5.65 Å². The first-order valence-corrected chi connectivity index (χ1v) is 8.99. The Morgan fingerprint density at radius 2 is 2.27 bits per heavy atom. The van der Waals surface area contributed by atoms with Crippen LogP contribution in [0.5, 0.6) is 0 Å². The molecule has 0 aromatic carbocycles. The normalized spacial score (nSPS) is 12.3. The Hall–Kier alpha value is -1.34. The summed E-state index contributed by atoms with van der Waals surface area (Å²) in [6.07, 6.45) is 2.61. The van der Waals surface area contributed by atoms with E-state index in [1.807, 2.05) is 19.9 Å². The van der Waals surface area contributed by atoms with Crippen molar-refractivity contribution in [1.29, 1.82) is 0 Å². The summed E-state index contributed by atoms with van der Waals surface area (Å²) >= 11 is 4.79. The van der Waals surface area contributed by atoms with Crippen LogP contribution >= 0.6 is 27.7 Å². The highest BCUT2D eigenvalue weighted by molar-refractivity contribution is 9.10. The average Bonchev–Trinajstić information content (AvgIpc) is 2.48. The minimum atomic E-state index is -0.119. The molecule has 0 radical (unpaired) electrons. The Kier molecular flexibility index (Phi) is 6.02. The van der Waals surface area contributed by atoms with Gasteiger partial charge in [-0.2, -0.15) is 0 Å². The molecule has 1 amide bonds. The van der Waals surface area contributed by atoms with Crippen molar-refractivity contribution in [2.24, 2.45) is 0 Å². The van der Waals surface area contributed by atoms with Crippen LogP contribution in [0.4, 0.5) is 0 Å². The summed E-state index contributed by atoms with van der Waals surface area (Å²) in [4.78, 5) is 28.2. The molecule has 2 rings (SSSR count). The van der Waals surface area contributed by atoms with Crippen LogP contribution in [0.3, 0.4) is 0 Å². The molecule has 0 spiro atoms. The molecule has 0 saturated carbocycles. The molecule has 118 valence electrons. The number of hydrogen-bond acceptors (Lipinski definition) is 4. The fourth-order valence-electron chi connectivity index (χ4n) is 1.87. The van der Waals surface area contributed by atoms with Gasteiger partial charge in [0.2, 0.25) is 5.91 Å². The van der Waals surface area contributed by atoms with Crippen molar-refractivity contribution >= 4 is 39.2 Å². The molecule has 2 aromatic rings. The number of carbonyl (C=O) groups is 1. The second-order valence-electron chi connectivity index (χ2n) is 5.03. The van der Waals surface area contributed by atoms with Crippen LogP contribution in [-0.2, 0) is 10.5 Å². The van der Waals surface area contributed by atoms with Gasteiger partial charge >= 0.3 is 0 Å². The molecule has 0 saturated heterocycles. The van der Waals surface area contributed by atoms with Crippen LogP contribution in [0, 0.1) is 0 Å². The average molecular weight is 384 g/mol. The zero-order valence-corrected chi connectivity index (χ0v) is 14.9. The van der Waals surface area contributed by atoms with Crippen molar-refractivity contribution < 1.29 is 4.79 Å². The van der Waals surface area contributed by atoms with Gasteiger partial charge in [-0.05, 0) is 41.4 Å². The van der Waals surface area contributed by atoms with Crippen LogP contribution in [0.2, 0.25) is 0 Å². The van der Waals surface area contributed by atoms with E-state index in [0.29, 0.717) is 22.8 Å². The van der Waals surface area contributed by atoms with E-state index in [1.165, 1.54) is 22.2 Å². The zero-order chi connectivity index (χ0) is 16.1. The van der Waals surface area contributed by atoms with E-state index >= 15 is 0 Å². The Labute approximate surface area is 141 Å². The van der Waals surface area contributed by atoms with Crippen molar-refractivity contribution in [3.8, 4) is 0 Å². The van der Waals surface area contributed by atoms with Crippen LogP contribution < -0.4 is 10.9 Å². The second kappa shape index (κ2) is 7.78. The van der Waals surface area contributed by atoms with E-state index in [4.69, 9.17) is 0 Å². The molecule has 1 N–H and O–H groups in total. The van der Waals surface area contributed by atoms with Gasteiger partial charge in [-0.3, -0.25) is 14.0 Å². The molecule has 5 nitrogen and oxygen atoms in total. The van der Waals surface area contributed by atoms with Crippen molar-refractivity contribution in [3.05, 3.63) is 44.9 Å². The summed E-state index contributed by atoms with van der Waals surface area (Å²) in [6, 6.07) is 5.34. The maximum Gasteiger partial charge on any atom is 0.258 e. The van der Waals surface area contributed by atoms with E-state index in [0.717, 1.165) is 10.9 Å². The van der Waals surface area contributed by atoms with Crippen molar-refractivity contribution in [1.82, 2.24) is 14.7 Å². The number of nitrogens with zero attached hydrogens (tertiary/aromatic N) is 2. The first-order valence-electron chi connectivity index (χ1n) is 7.04. The largest absolute Gasteiger partial charge is 0.353 e. The van der Waals surface area contributed by atoms with Gasteiger partial charge in [0.25, 0.3) is 5.56 Å². The standard InChI is InChI=1S/C15H18BrN3O2S/c1-3-10(2)17-14(20)9-22-8-12-6-15(21)19-7-11(16)4-5-13(19)18-12/h4-7,10H,3,8-9H2,1-2H3,(H,17,20)/t10-/m0/s1. The van der Waals surface area contributed by atoms with E-state index in [2.05, 4.69) is 26.2 Å². The van der Waals surface area contributed by atoms with Gasteiger partial charge in [0, 0.05) is 28.5 Å². The van der Waals surface area contributed by atoms with Crippen LogP contribution in [0.15, 0.2) is 33.7 Å². The predicted octanol–water partition coefficient (Wildman–Crippen LogP) is 2.60. The molecule has 2 aromatic heterocycles. The van der Waals surface area contributed by atoms with E-state index in [9.17, 15) is 9.59 Å². The number of pyridine rings is 1. The fourth-order valence-corrected chi connectivity index (χ4v) is 2.93. The van der Waals surface area contributed by atoms with Crippen LogP contribution in [0.25, 0.3) is 5.65 Å². The third kappa shape index (κ3) is 4.58. The maximum absolute atomic E-state index is 12.0. The van der Waals surface area contributed by atoms with Crippen molar-refractivity contribution in [2.75, 3.05) is 5.75 Å². The molecule has 0 aliphatic carbocycles. The van der Waals surface area contributed by atoms with E-state index < -0.39 is 0 Å². The Morgan fingerprint density at radius 1 is 1.50 bits per heavy atom. The van der Waals surface area contributed by atoms with Crippen LogP contribution in [0.1, 0.15) is 26.0 Å². The lowest BCUT2D eigenvalue weighted by atomic mass is 10.3. The highest BCUT2D eigenvalue weighted by Gasteiger charge is 2.07.